The minimum atomic E-state index is -1.50. The molecule has 1 aromatic rings. The number of pyridine rings is 1. The molecule has 0 aliphatic heterocycles. The summed E-state index contributed by atoms with van der Waals surface area (Å²) >= 11 is 0. The van der Waals surface area contributed by atoms with E-state index < -0.39 is 8.07 Å². The fraction of sp³-hybridized carbons (Fsp3) is 0.357. The summed E-state index contributed by atoms with van der Waals surface area (Å²) in [6, 6.07) is 3.39. The van der Waals surface area contributed by atoms with E-state index in [0.717, 1.165) is 5.56 Å². The Morgan fingerprint density at radius 1 is 1.05 bits per heavy atom. The normalized spacial score (nSPS) is 10.2. The van der Waals surface area contributed by atoms with Crippen molar-refractivity contribution in [3.63, 3.8) is 0 Å². The predicted molar refractivity (Wildman–Crippen MR) is 83.1 cm³/mol. The number of carbonyl (C=O) groups excluding carboxylic acids is 2. The van der Waals surface area contributed by atoms with Gasteiger partial charge in [-0.15, -0.1) is 5.54 Å². The molecule has 1 aromatic heterocycles. The highest BCUT2D eigenvalue weighted by Crippen LogP contribution is 2.14. The van der Waals surface area contributed by atoms with E-state index in [9.17, 15) is 9.59 Å². The Balaban J connectivity index is 3.17. The molecule has 0 saturated heterocycles. The Morgan fingerprint density at radius 2 is 1.50 bits per heavy atom. The summed E-state index contributed by atoms with van der Waals surface area (Å²) in [7, 11) is -1.50. The molecule has 20 heavy (non-hydrogen) atoms. The van der Waals surface area contributed by atoms with E-state index in [0.29, 0.717) is 11.6 Å². The summed E-state index contributed by atoms with van der Waals surface area (Å²) in [5, 5.41) is 5.20. The summed E-state index contributed by atoms with van der Waals surface area (Å²) in [5.41, 5.74) is 3.95. The van der Waals surface area contributed by atoms with E-state index in [1.807, 2.05) is 0 Å². The van der Waals surface area contributed by atoms with Crippen molar-refractivity contribution in [3.8, 4) is 11.5 Å². The van der Waals surface area contributed by atoms with Crippen LogP contribution in [0.4, 0.5) is 11.6 Å². The molecule has 1 heterocycles. The lowest BCUT2D eigenvalue weighted by Gasteiger charge is -2.07. The molecule has 106 valence electrons. The fourth-order valence-electron chi connectivity index (χ4n) is 1.35. The van der Waals surface area contributed by atoms with Gasteiger partial charge in [-0.3, -0.25) is 9.59 Å². The molecule has 0 atom stereocenters. The molecular weight excluding hydrogens is 270 g/mol. The third-order valence-electron chi connectivity index (χ3n) is 2.02. The standard InChI is InChI=1S/C14H19N3O2Si/c1-10(18)15-13-8-12(6-7-20(3,4)5)9-14(17-13)16-11(2)19/h8-9H,1-5H3,(H2,15,16,17,18,19). The van der Waals surface area contributed by atoms with E-state index in [1.165, 1.54) is 13.8 Å². The SMILES string of the molecule is CC(=O)Nc1cc(C#C[Si](C)(C)C)cc(NC(C)=O)n1. The number of rotatable bonds is 2. The van der Waals surface area contributed by atoms with Gasteiger partial charge >= 0.3 is 0 Å². The fourth-order valence-corrected chi connectivity index (χ4v) is 1.87. The number of anilines is 2. The van der Waals surface area contributed by atoms with Crippen LogP contribution in [0, 0.1) is 11.5 Å². The molecule has 5 nitrogen and oxygen atoms in total. The van der Waals surface area contributed by atoms with Crippen molar-refractivity contribution >= 4 is 31.5 Å². The van der Waals surface area contributed by atoms with Gasteiger partial charge in [-0.05, 0) is 12.1 Å². The molecule has 0 saturated carbocycles. The van der Waals surface area contributed by atoms with Gasteiger partial charge in [0.1, 0.15) is 19.7 Å². The zero-order chi connectivity index (χ0) is 15.3. The molecule has 0 radical (unpaired) electrons. The lowest BCUT2D eigenvalue weighted by molar-refractivity contribution is -0.115. The van der Waals surface area contributed by atoms with E-state index in [2.05, 4.69) is 46.7 Å². The van der Waals surface area contributed by atoms with E-state index >= 15 is 0 Å². The molecule has 2 amide bonds. The van der Waals surface area contributed by atoms with Gasteiger partial charge in [-0.1, -0.05) is 25.6 Å². The lowest BCUT2D eigenvalue weighted by Crippen LogP contribution is -2.16. The third-order valence-corrected chi connectivity index (χ3v) is 2.89. The van der Waals surface area contributed by atoms with Crippen LogP contribution in [0.2, 0.25) is 19.6 Å². The van der Waals surface area contributed by atoms with Crippen molar-refractivity contribution in [2.75, 3.05) is 10.6 Å². The monoisotopic (exact) mass is 289 g/mol. The van der Waals surface area contributed by atoms with E-state index in [1.54, 1.807) is 12.1 Å². The highest BCUT2D eigenvalue weighted by atomic mass is 28.3. The molecule has 2 N–H and O–H groups in total. The molecule has 1 rings (SSSR count). The van der Waals surface area contributed by atoms with Gasteiger partial charge in [0.15, 0.2) is 0 Å². The summed E-state index contributed by atoms with van der Waals surface area (Å²) < 4.78 is 0. The second-order valence-corrected chi connectivity index (χ2v) is 10.2. The molecule has 0 aromatic carbocycles. The first-order valence-electron chi connectivity index (χ1n) is 6.26. The average Bonchev–Trinajstić information content (AvgIpc) is 2.23. The number of hydrogen-bond acceptors (Lipinski definition) is 3. The Morgan fingerprint density at radius 3 is 1.85 bits per heavy atom. The number of nitrogens with zero attached hydrogens (tertiary/aromatic N) is 1. The largest absolute Gasteiger partial charge is 0.311 e. The van der Waals surface area contributed by atoms with Crippen LogP contribution >= 0.6 is 0 Å². The summed E-state index contributed by atoms with van der Waals surface area (Å²) in [4.78, 5) is 26.4. The van der Waals surface area contributed by atoms with Crippen LogP contribution in [0.1, 0.15) is 19.4 Å². The molecular formula is C14H19N3O2Si. The van der Waals surface area contributed by atoms with Gasteiger partial charge in [0, 0.05) is 19.4 Å². The van der Waals surface area contributed by atoms with Gasteiger partial charge in [-0.2, -0.15) is 0 Å². The molecule has 0 aliphatic rings. The number of aromatic nitrogens is 1. The summed E-state index contributed by atoms with van der Waals surface area (Å²) in [6.45, 7) is 9.24. The number of carbonyl (C=O) groups is 2. The van der Waals surface area contributed by atoms with Gasteiger partial charge in [-0.25, -0.2) is 4.98 Å². The zero-order valence-corrected chi connectivity index (χ0v) is 13.4. The molecule has 0 bridgehead atoms. The Labute approximate surface area is 120 Å². The lowest BCUT2D eigenvalue weighted by atomic mass is 10.2. The number of nitrogens with one attached hydrogen (secondary N) is 2. The Hall–Kier alpha value is -2.13. The van der Waals surface area contributed by atoms with Crippen LogP contribution in [0.15, 0.2) is 12.1 Å². The third kappa shape index (κ3) is 6.16. The van der Waals surface area contributed by atoms with E-state index in [-0.39, 0.29) is 11.8 Å². The molecule has 6 heteroatoms. The predicted octanol–water partition coefficient (Wildman–Crippen LogP) is 2.23. The maximum Gasteiger partial charge on any atom is 0.222 e. The molecule has 0 fully saturated rings. The minimum Gasteiger partial charge on any atom is -0.311 e. The smallest absolute Gasteiger partial charge is 0.222 e. The highest BCUT2D eigenvalue weighted by molar-refractivity contribution is 6.83. The van der Waals surface area contributed by atoms with Crippen LogP contribution in [-0.2, 0) is 9.59 Å². The summed E-state index contributed by atoms with van der Waals surface area (Å²) in [6.07, 6.45) is 0. The van der Waals surface area contributed by atoms with Crippen molar-refractivity contribution < 1.29 is 9.59 Å². The van der Waals surface area contributed by atoms with Gasteiger partial charge < -0.3 is 10.6 Å². The first-order chi connectivity index (χ1) is 9.15. The average molecular weight is 289 g/mol. The topological polar surface area (TPSA) is 71.1 Å². The zero-order valence-electron chi connectivity index (χ0n) is 12.4. The van der Waals surface area contributed by atoms with Crippen LogP contribution in [0.25, 0.3) is 0 Å². The number of amides is 2. The molecule has 0 unspecified atom stereocenters. The van der Waals surface area contributed by atoms with Crippen molar-refractivity contribution in [1.29, 1.82) is 0 Å². The first kappa shape index (κ1) is 15.9. The van der Waals surface area contributed by atoms with Gasteiger partial charge in [0.25, 0.3) is 0 Å². The van der Waals surface area contributed by atoms with Crippen molar-refractivity contribution in [2.45, 2.75) is 33.5 Å². The quantitative estimate of drug-likeness (QED) is 0.648. The van der Waals surface area contributed by atoms with E-state index in [4.69, 9.17) is 0 Å². The van der Waals surface area contributed by atoms with Crippen LogP contribution in [0.3, 0.4) is 0 Å². The van der Waals surface area contributed by atoms with Gasteiger partial charge in [0.05, 0.1) is 0 Å². The van der Waals surface area contributed by atoms with Crippen LogP contribution in [0.5, 0.6) is 0 Å². The maximum absolute atomic E-state index is 11.1. The van der Waals surface area contributed by atoms with Crippen molar-refractivity contribution in [1.82, 2.24) is 4.98 Å². The van der Waals surface area contributed by atoms with Crippen LogP contribution in [-0.4, -0.2) is 24.9 Å². The highest BCUT2D eigenvalue weighted by Gasteiger charge is 2.09. The van der Waals surface area contributed by atoms with Crippen molar-refractivity contribution in [2.24, 2.45) is 0 Å². The first-order valence-corrected chi connectivity index (χ1v) is 9.76. The molecule has 0 spiro atoms. The Bertz CT molecular complexity index is 560. The second kappa shape index (κ2) is 6.35. The van der Waals surface area contributed by atoms with Crippen LogP contribution < -0.4 is 10.6 Å². The minimum absolute atomic E-state index is 0.221. The van der Waals surface area contributed by atoms with Gasteiger partial charge in [0.2, 0.25) is 11.8 Å². The Kier molecular flexibility index (Phi) is 5.05. The second-order valence-electron chi connectivity index (χ2n) is 5.49. The van der Waals surface area contributed by atoms with Crippen molar-refractivity contribution in [3.05, 3.63) is 17.7 Å². The maximum atomic E-state index is 11.1. The molecule has 0 aliphatic carbocycles. The summed E-state index contributed by atoms with van der Waals surface area (Å²) in [5.74, 6) is 3.40. The number of hydrogen-bond donors (Lipinski definition) is 2.